The maximum atomic E-state index is 12.6. The van der Waals surface area contributed by atoms with Crippen LogP contribution in [-0.2, 0) is 10.0 Å². The summed E-state index contributed by atoms with van der Waals surface area (Å²) in [4.78, 5) is 13.5. The van der Waals surface area contributed by atoms with Crippen molar-refractivity contribution in [2.24, 2.45) is 11.8 Å². The minimum atomic E-state index is -4.32. The first-order chi connectivity index (χ1) is 12.6. The highest BCUT2D eigenvalue weighted by Crippen LogP contribution is 2.39. The lowest BCUT2D eigenvalue weighted by Crippen LogP contribution is -2.57. The zero-order valence-electron chi connectivity index (χ0n) is 14.6. The molecule has 0 atom stereocenters. The van der Waals surface area contributed by atoms with E-state index in [4.69, 9.17) is 0 Å². The predicted molar refractivity (Wildman–Crippen MR) is 93.7 cm³/mol. The summed E-state index contributed by atoms with van der Waals surface area (Å²) in [6.07, 6.45) is 0.280. The van der Waals surface area contributed by atoms with Crippen molar-refractivity contribution in [3.63, 3.8) is 0 Å². The van der Waals surface area contributed by atoms with Crippen LogP contribution in [0.15, 0.2) is 18.6 Å². The van der Waals surface area contributed by atoms with Gasteiger partial charge in [-0.1, -0.05) is 0 Å². The molecule has 1 saturated heterocycles. The molecule has 3 heterocycles. The Morgan fingerprint density at radius 1 is 1.30 bits per heavy atom. The summed E-state index contributed by atoms with van der Waals surface area (Å²) < 4.78 is 63.2. The third-order valence-corrected chi connectivity index (χ3v) is 7.55. The number of nitrogens with one attached hydrogen (secondary N) is 1. The van der Waals surface area contributed by atoms with Crippen LogP contribution in [0, 0.1) is 11.8 Å². The smallest absolute Gasteiger partial charge is 0.356 e. The monoisotopic (exact) mass is 403 g/mol. The zero-order chi connectivity index (χ0) is 19.4. The van der Waals surface area contributed by atoms with Gasteiger partial charge in [0.05, 0.1) is 17.1 Å². The molecular formula is C16H20F3N5O2S. The zero-order valence-corrected chi connectivity index (χ0v) is 15.5. The third kappa shape index (κ3) is 3.38. The molecule has 1 aliphatic heterocycles. The molecule has 1 N–H and O–H groups in total. The van der Waals surface area contributed by atoms with E-state index in [1.165, 1.54) is 6.33 Å². The van der Waals surface area contributed by atoms with E-state index in [-0.39, 0.29) is 17.7 Å². The predicted octanol–water partition coefficient (Wildman–Crippen LogP) is 2.00. The summed E-state index contributed by atoms with van der Waals surface area (Å²) in [6, 6.07) is 2.04. The Bertz CT molecular complexity index is 933. The molecule has 0 radical (unpaired) electrons. The van der Waals surface area contributed by atoms with Crippen LogP contribution in [0.2, 0.25) is 0 Å². The highest BCUT2D eigenvalue weighted by molar-refractivity contribution is 7.89. The summed E-state index contributed by atoms with van der Waals surface area (Å²) in [6.45, 7) is -0.900. The lowest BCUT2D eigenvalue weighted by Gasteiger charge is -2.44. The number of sulfonamides is 1. The maximum Gasteiger partial charge on any atom is 0.394 e. The van der Waals surface area contributed by atoms with Crippen LogP contribution < -0.4 is 4.90 Å². The van der Waals surface area contributed by atoms with Crippen LogP contribution in [0.3, 0.4) is 0 Å². The molecule has 0 unspecified atom stereocenters. The van der Waals surface area contributed by atoms with Crippen molar-refractivity contribution in [1.82, 2.24) is 19.3 Å². The second-order valence-electron chi connectivity index (χ2n) is 7.37. The van der Waals surface area contributed by atoms with E-state index in [1.807, 2.05) is 18.0 Å². The number of hydrogen-bond acceptors (Lipinski definition) is 5. The highest BCUT2D eigenvalue weighted by atomic mass is 32.2. The molecule has 27 heavy (non-hydrogen) atoms. The van der Waals surface area contributed by atoms with Gasteiger partial charge in [-0.25, -0.2) is 22.7 Å². The summed E-state index contributed by atoms with van der Waals surface area (Å²) in [5.74, 6) is -0.890. The third-order valence-electron chi connectivity index (χ3n) is 5.58. The van der Waals surface area contributed by atoms with E-state index in [0.717, 1.165) is 21.2 Å². The number of fused-ring (bicyclic) bond motifs is 1. The fraction of sp³-hybridized carbons (Fsp3) is 0.625. The van der Waals surface area contributed by atoms with E-state index in [9.17, 15) is 21.6 Å². The summed E-state index contributed by atoms with van der Waals surface area (Å²) in [5, 5.41) is 0.898. The van der Waals surface area contributed by atoms with Crippen LogP contribution in [0.25, 0.3) is 11.0 Å². The fourth-order valence-electron chi connectivity index (χ4n) is 3.74. The molecule has 2 aromatic rings. The molecule has 1 saturated carbocycles. The normalized spacial score (nSPS) is 24.6. The summed E-state index contributed by atoms with van der Waals surface area (Å²) in [7, 11) is -1.72. The van der Waals surface area contributed by atoms with E-state index in [0.29, 0.717) is 12.8 Å². The number of aromatic nitrogens is 3. The van der Waals surface area contributed by atoms with Gasteiger partial charge in [0.1, 0.15) is 17.8 Å². The van der Waals surface area contributed by atoms with Gasteiger partial charge < -0.3 is 9.88 Å². The standard InChI is InChI=1S/C16H20F3N5O2S/c1-23(15-13-2-3-20-14(13)21-9-22-15)12-4-10(5-12)8-27(25,26)24-6-11(7-24)16(17,18)19/h2-3,9-12H,4-8H2,1H3,(H,20,21,22)/t10-,12+. The van der Waals surface area contributed by atoms with Crippen molar-refractivity contribution in [3.8, 4) is 0 Å². The molecule has 2 aliphatic rings. The second-order valence-corrected chi connectivity index (χ2v) is 9.39. The molecule has 0 bridgehead atoms. The molecule has 1 aliphatic carbocycles. The molecule has 0 spiro atoms. The Morgan fingerprint density at radius 2 is 2.00 bits per heavy atom. The molecule has 4 rings (SSSR count). The molecule has 7 nitrogen and oxygen atoms in total. The van der Waals surface area contributed by atoms with Gasteiger partial charge in [0, 0.05) is 32.4 Å². The number of alkyl halides is 3. The summed E-state index contributed by atoms with van der Waals surface area (Å²) >= 11 is 0. The van der Waals surface area contributed by atoms with Gasteiger partial charge in [-0.15, -0.1) is 0 Å². The molecule has 148 valence electrons. The first-order valence-electron chi connectivity index (χ1n) is 8.70. The first kappa shape index (κ1) is 18.5. The SMILES string of the molecule is CN(c1ncnc2[nH]ccc12)[C@H]1C[C@@H](CS(=O)(=O)N2CC(C(F)(F)F)C2)C1. The van der Waals surface area contributed by atoms with Crippen LogP contribution in [0.1, 0.15) is 12.8 Å². The molecule has 2 aromatic heterocycles. The first-order valence-corrected chi connectivity index (χ1v) is 10.3. The Labute approximate surface area is 154 Å². The Hall–Kier alpha value is -1.88. The van der Waals surface area contributed by atoms with E-state index < -0.39 is 35.2 Å². The van der Waals surface area contributed by atoms with Gasteiger partial charge in [-0.3, -0.25) is 0 Å². The number of rotatable bonds is 5. The lowest BCUT2D eigenvalue weighted by atomic mass is 9.81. The van der Waals surface area contributed by atoms with Crippen LogP contribution in [-0.4, -0.2) is 65.8 Å². The van der Waals surface area contributed by atoms with Crippen LogP contribution >= 0.6 is 0 Å². The van der Waals surface area contributed by atoms with Crippen molar-refractivity contribution >= 4 is 26.9 Å². The van der Waals surface area contributed by atoms with Gasteiger partial charge in [0.25, 0.3) is 0 Å². The Morgan fingerprint density at radius 3 is 2.67 bits per heavy atom. The molecule has 0 amide bonds. The van der Waals surface area contributed by atoms with Gasteiger partial charge >= 0.3 is 6.18 Å². The minimum absolute atomic E-state index is 0.0454. The van der Waals surface area contributed by atoms with Crippen LogP contribution in [0.5, 0.6) is 0 Å². The quantitative estimate of drug-likeness (QED) is 0.826. The van der Waals surface area contributed by atoms with Crippen molar-refractivity contribution in [3.05, 3.63) is 18.6 Å². The number of halogens is 3. The van der Waals surface area contributed by atoms with Crippen molar-refractivity contribution in [2.75, 3.05) is 30.8 Å². The number of nitrogens with zero attached hydrogens (tertiary/aromatic N) is 4. The van der Waals surface area contributed by atoms with Gasteiger partial charge in [0.2, 0.25) is 10.0 Å². The van der Waals surface area contributed by atoms with E-state index >= 15 is 0 Å². The number of aromatic amines is 1. The van der Waals surface area contributed by atoms with E-state index in [2.05, 4.69) is 15.0 Å². The van der Waals surface area contributed by atoms with Gasteiger partial charge in [-0.2, -0.15) is 13.2 Å². The fourth-order valence-corrected chi connectivity index (χ4v) is 5.63. The van der Waals surface area contributed by atoms with Crippen molar-refractivity contribution < 1.29 is 21.6 Å². The largest absolute Gasteiger partial charge is 0.394 e. The molecule has 2 fully saturated rings. The number of H-pyrrole nitrogens is 1. The Kier molecular flexibility index (Phi) is 4.34. The lowest BCUT2D eigenvalue weighted by molar-refractivity contribution is -0.198. The number of anilines is 1. The topological polar surface area (TPSA) is 82.2 Å². The van der Waals surface area contributed by atoms with Gasteiger partial charge in [0.15, 0.2) is 0 Å². The van der Waals surface area contributed by atoms with Crippen molar-refractivity contribution in [1.29, 1.82) is 0 Å². The van der Waals surface area contributed by atoms with Crippen LogP contribution in [0.4, 0.5) is 19.0 Å². The average Bonchev–Trinajstić information content (AvgIpc) is 2.94. The van der Waals surface area contributed by atoms with Crippen molar-refractivity contribution in [2.45, 2.75) is 25.1 Å². The minimum Gasteiger partial charge on any atom is -0.356 e. The summed E-state index contributed by atoms with van der Waals surface area (Å²) in [5.41, 5.74) is 0.738. The maximum absolute atomic E-state index is 12.6. The number of hydrogen-bond donors (Lipinski definition) is 1. The van der Waals surface area contributed by atoms with Gasteiger partial charge in [-0.05, 0) is 24.8 Å². The molecule has 0 aromatic carbocycles. The highest BCUT2D eigenvalue weighted by Gasteiger charge is 2.51. The average molecular weight is 403 g/mol. The Balaban J connectivity index is 1.33. The molecular weight excluding hydrogens is 383 g/mol. The molecule has 11 heteroatoms. The van der Waals surface area contributed by atoms with E-state index in [1.54, 1.807) is 6.20 Å². The second kappa shape index (κ2) is 6.33.